The predicted octanol–water partition coefficient (Wildman–Crippen LogP) is 7.85. The molecule has 2 saturated heterocycles. The van der Waals surface area contributed by atoms with E-state index in [2.05, 4.69) is 9.97 Å². The van der Waals surface area contributed by atoms with E-state index in [-0.39, 0.29) is 52.6 Å². The Labute approximate surface area is 281 Å². The van der Waals surface area contributed by atoms with Gasteiger partial charge in [-0.2, -0.15) is 26.3 Å². The molecule has 2 fully saturated rings. The summed E-state index contributed by atoms with van der Waals surface area (Å²) in [5, 5.41) is 0.740. The van der Waals surface area contributed by atoms with Crippen molar-refractivity contribution >= 4 is 52.4 Å². The van der Waals surface area contributed by atoms with Gasteiger partial charge in [0.2, 0.25) is 5.91 Å². The molecular weight excluding hydrogens is 695 g/mol. The molecule has 47 heavy (non-hydrogen) atoms. The Morgan fingerprint density at radius 3 is 2.15 bits per heavy atom. The largest absolute Gasteiger partial charge is 0.416 e. The fourth-order valence-electron chi connectivity index (χ4n) is 6.25. The molecular formula is C31H28Cl3F6N5O2. The summed E-state index contributed by atoms with van der Waals surface area (Å²) in [6.07, 6.45) is -7.34. The van der Waals surface area contributed by atoms with Crippen molar-refractivity contribution in [3.8, 4) is 0 Å². The lowest BCUT2D eigenvalue weighted by Crippen LogP contribution is -2.54. The first-order valence-electron chi connectivity index (χ1n) is 14.6. The van der Waals surface area contributed by atoms with Gasteiger partial charge >= 0.3 is 12.4 Å². The van der Waals surface area contributed by atoms with Gasteiger partial charge in [-0.3, -0.25) is 9.59 Å². The van der Waals surface area contributed by atoms with E-state index < -0.39 is 46.9 Å². The molecule has 3 heterocycles. The van der Waals surface area contributed by atoms with Crippen molar-refractivity contribution in [3.63, 3.8) is 0 Å². The van der Waals surface area contributed by atoms with Crippen molar-refractivity contribution in [1.29, 1.82) is 0 Å². The number of aromatic nitrogens is 2. The molecule has 7 nitrogen and oxygen atoms in total. The lowest BCUT2D eigenvalue weighted by Gasteiger charge is -2.44. The first kappa shape index (κ1) is 35.0. The molecule has 2 aliphatic heterocycles. The summed E-state index contributed by atoms with van der Waals surface area (Å²) in [5.41, 5.74) is -3.33. The second-order valence-corrected chi connectivity index (χ2v) is 12.8. The molecule has 2 aromatic carbocycles. The third-order valence-electron chi connectivity index (χ3n) is 8.63. The van der Waals surface area contributed by atoms with Crippen LogP contribution in [0.2, 0.25) is 15.2 Å². The summed E-state index contributed by atoms with van der Waals surface area (Å²) < 4.78 is 81.3. The fourth-order valence-corrected chi connectivity index (χ4v) is 6.70. The number of benzene rings is 2. The third kappa shape index (κ3) is 7.89. The Morgan fingerprint density at radius 1 is 0.851 bits per heavy atom. The highest BCUT2D eigenvalue weighted by Crippen LogP contribution is 2.39. The summed E-state index contributed by atoms with van der Waals surface area (Å²) in [4.78, 5) is 40.4. The Kier molecular flexibility index (Phi) is 10.2. The van der Waals surface area contributed by atoms with E-state index in [1.54, 1.807) is 29.2 Å². The second-order valence-electron chi connectivity index (χ2n) is 11.6. The van der Waals surface area contributed by atoms with E-state index in [1.807, 2.05) is 4.90 Å². The minimum absolute atomic E-state index is 0.0227. The Balaban J connectivity index is 1.42. The Hall–Kier alpha value is -3.29. The molecule has 0 bridgehead atoms. The average Bonchev–Trinajstić information content (AvgIpc) is 3.03. The summed E-state index contributed by atoms with van der Waals surface area (Å²) in [5.74, 6) is -1.53. The van der Waals surface area contributed by atoms with E-state index in [0.717, 1.165) is 11.3 Å². The predicted molar refractivity (Wildman–Crippen MR) is 165 cm³/mol. The maximum absolute atomic E-state index is 13.9. The Morgan fingerprint density at radius 2 is 1.53 bits per heavy atom. The number of alkyl halides is 6. The monoisotopic (exact) mass is 721 g/mol. The van der Waals surface area contributed by atoms with Crippen LogP contribution in [0.5, 0.6) is 0 Å². The van der Waals surface area contributed by atoms with Crippen LogP contribution in [0.15, 0.2) is 48.8 Å². The number of nitrogens with zero attached hydrogens (tertiary/aromatic N) is 5. The summed E-state index contributed by atoms with van der Waals surface area (Å²) in [6.45, 7) is 1.37. The van der Waals surface area contributed by atoms with Crippen LogP contribution in [-0.4, -0.2) is 70.9 Å². The SMILES string of the molecule is CN(C(=O)c1cc(C(F)(F)F)cc(C(F)(F)F)c1)[C@@H]1CCN(C(=O)C2CCCN(c3cc(Cl)ncn3)C2)C[C@H]1c1ccc(Cl)c(Cl)c1. The molecule has 0 radical (unpaired) electrons. The van der Waals surface area contributed by atoms with Crippen molar-refractivity contribution < 1.29 is 35.9 Å². The molecule has 16 heteroatoms. The number of halogens is 9. The quantitative estimate of drug-likeness (QED) is 0.198. The Bertz CT molecular complexity index is 1620. The van der Waals surface area contributed by atoms with E-state index in [1.165, 1.54) is 13.4 Å². The van der Waals surface area contributed by atoms with Gasteiger partial charge in [-0.15, -0.1) is 0 Å². The number of rotatable bonds is 5. The van der Waals surface area contributed by atoms with Crippen molar-refractivity contribution in [2.75, 3.05) is 38.1 Å². The van der Waals surface area contributed by atoms with Crippen LogP contribution in [0.1, 0.15) is 52.2 Å². The number of anilines is 1. The van der Waals surface area contributed by atoms with Gasteiger partial charge in [-0.1, -0.05) is 40.9 Å². The molecule has 252 valence electrons. The molecule has 0 aliphatic carbocycles. The van der Waals surface area contributed by atoms with Gasteiger partial charge in [0.25, 0.3) is 5.91 Å². The van der Waals surface area contributed by atoms with Crippen molar-refractivity contribution in [2.45, 2.75) is 43.6 Å². The van der Waals surface area contributed by atoms with Crippen LogP contribution in [0, 0.1) is 5.92 Å². The van der Waals surface area contributed by atoms with Gasteiger partial charge in [-0.05, 0) is 55.2 Å². The molecule has 3 aromatic rings. The number of carbonyl (C=O) groups is 2. The van der Waals surface area contributed by atoms with Gasteiger partial charge in [0.05, 0.1) is 27.1 Å². The lowest BCUT2D eigenvalue weighted by molar-refractivity contribution is -0.143. The van der Waals surface area contributed by atoms with Crippen LogP contribution < -0.4 is 4.90 Å². The second kappa shape index (κ2) is 13.7. The topological polar surface area (TPSA) is 69.6 Å². The molecule has 0 spiro atoms. The van der Waals surface area contributed by atoms with Crippen molar-refractivity contribution in [1.82, 2.24) is 19.8 Å². The first-order chi connectivity index (χ1) is 22.0. The van der Waals surface area contributed by atoms with Crippen LogP contribution in [0.25, 0.3) is 0 Å². The van der Waals surface area contributed by atoms with Gasteiger partial charge in [-0.25, -0.2) is 9.97 Å². The number of likely N-dealkylation sites (N-methyl/N-ethyl adjacent to an activating group) is 1. The molecule has 1 aromatic heterocycles. The fraction of sp³-hybridized carbons (Fsp3) is 0.419. The number of carbonyl (C=O) groups excluding carboxylic acids is 2. The molecule has 1 unspecified atom stereocenters. The minimum Gasteiger partial charge on any atom is -0.356 e. The van der Waals surface area contributed by atoms with E-state index >= 15 is 0 Å². The number of hydrogen-bond acceptors (Lipinski definition) is 5. The average molecular weight is 723 g/mol. The minimum atomic E-state index is -5.11. The number of hydrogen-bond donors (Lipinski definition) is 0. The number of likely N-dealkylation sites (tertiary alicyclic amines) is 1. The maximum Gasteiger partial charge on any atom is 0.416 e. The smallest absolute Gasteiger partial charge is 0.356 e. The standard InChI is InChI=1S/C31H28Cl3F6N5O2/c1-43(28(46)19-9-20(30(35,36)37)12-21(10-19)31(38,39)40)25-6-8-45(15-22(25)17-4-5-23(32)24(33)11-17)29(47)18-3-2-7-44(14-18)27-13-26(34)41-16-42-27/h4-5,9-13,16,18,22,25H,2-3,6-8,14-15H2,1H3/t18?,22-,25+/m0/s1. The highest BCUT2D eigenvalue weighted by Gasteiger charge is 2.41. The zero-order chi connectivity index (χ0) is 34.3. The normalized spacial score (nSPS) is 20.7. The molecule has 3 atom stereocenters. The van der Waals surface area contributed by atoms with Crippen LogP contribution in [0.4, 0.5) is 32.2 Å². The lowest BCUT2D eigenvalue weighted by atomic mass is 9.84. The highest BCUT2D eigenvalue weighted by molar-refractivity contribution is 6.42. The van der Waals surface area contributed by atoms with Crippen LogP contribution >= 0.6 is 34.8 Å². The summed E-state index contributed by atoms with van der Waals surface area (Å²) >= 11 is 18.5. The van der Waals surface area contributed by atoms with Gasteiger partial charge in [0, 0.05) is 56.8 Å². The maximum atomic E-state index is 13.9. The molecule has 0 saturated carbocycles. The molecule has 2 aliphatic rings. The first-order valence-corrected chi connectivity index (χ1v) is 15.7. The zero-order valence-corrected chi connectivity index (χ0v) is 27.0. The molecule has 5 rings (SSSR count). The van der Waals surface area contributed by atoms with E-state index in [9.17, 15) is 35.9 Å². The van der Waals surface area contributed by atoms with Gasteiger partial charge in [0.1, 0.15) is 17.3 Å². The number of piperidine rings is 2. The highest BCUT2D eigenvalue weighted by atomic mass is 35.5. The summed E-state index contributed by atoms with van der Waals surface area (Å²) in [6, 6.07) is 6.53. The van der Waals surface area contributed by atoms with E-state index in [4.69, 9.17) is 34.8 Å². The van der Waals surface area contributed by atoms with Crippen LogP contribution in [-0.2, 0) is 17.1 Å². The summed E-state index contributed by atoms with van der Waals surface area (Å²) in [7, 11) is 1.33. The number of amides is 2. The molecule has 0 N–H and O–H groups in total. The van der Waals surface area contributed by atoms with Crippen molar-refractivity contribution in [2.24, 2.45) is 5.92 Å². The van der Waals surface area contributed by atoms with Crippen LogP contribution in [0.3, 0.4) is 0 Å². The van der Waals surface area contributed by atoms with Gasteiger partial charge < -0.3 is 14.7 Å². The van der Waals surface area contributed by atoms with E-state index in [0.29, 0.717) is 43.0 Å². The third-order valence-corrected chi connectivity index (χ3v) is 9.57. The zero-order valence-electron chi connectivity index (χ0n) is 24.8. The van der Waals surface area contributed by atoms with Crippen molar-refractivity contribution in [3.05, 3.63) is 86.2 Å². The van der Waals surface area contributed by atoms with Gasteiger partial charge in [0.15, 0.2) is 0 Å². The molecule has 2 amide bonds.